The van der Waals surface area contributed by atoms with Crippen LogP contribution in [0.5, 0.6) is 0 Å². The van der Waals surface area contributed by atoms with Gasteiger partial charge in [-0.05, 0) is 106 Å². The Labute approximate surface area is 251 Å². The quantitative estimate of drug-likeness (QED) is 0.335. The van der Waals surface area contributed by atoms with Gasteiger partial charge in [0.1, 0.15) is 8.94 Å². The van der Waals surface area contributed by atoms with Gasteiger partial charge in [0.15, 0.2) is 0 Å². The topological polar surface area (TPSA) is 99.2 Å². The lowest BCUT2D eigenvalue weighted by Gasteiger charge is -2.30. The van der Waals surface area contributed by atoms with Crippen LogP contribution in [0.3, 0.4) is 0 Å². The van der Waals surface area contributed by atoms with Gasteiger partial charge >= 0.3 is 0 Å². The van der Waals surface area contributed by atoms with Crippen molar-refractivity contribution in [1.29, 1.82) is 0 Å². The molecular formula is C28H55ClN4O4S3. The van der Waals surface area contributed by atoms with Gasteiger partial charge in [-0.1, -0.05) is 56.1 Å². The third-order valence-corrected chi connectivity index (χ3v) is 11.5. The zero-order valence-corrected chi connectivity index (χ0v) is 29.2. The number of nitrogens with one attached hydrogen (secondary N) is 1. The number of halogens is 1. The number of sulfonamides is 1. The molecule has 40 heavy (non-hydrogen) atoms. The number of nitrogens with zero attached hydrogens (tertiary/aromatic N) is 3. The molecule has 2 aliphatic heterocycles. The first-order chi connectivity index (χ1) is 18.4. The van der Waals surface area contributed by atoms with E-state index in [1.165, 1.54) is 70.5 Å². The van der Waals surface area contributed by atoms with Crippen molar-refractivity contribution in [3.63, 3.8) is 0 Å². The summed E-state index contributed by atoms with van der Waals surface area (Å²) in [6, 6.07) is 6.06. The van der Waals surface area contributed by atoms with E-state index in [0.29, 0.717) is 0 Å². The molecule has 2 saturated heterocycles. The highest BCUT2D eigenvalue weighted by Gasteiger charge is 2.18. The maximum absolute atomic E-state index is 11.5. The Morgan fingerprint density at radius 3 is 1.62 bits per heavy atom. The van der Waals surface area contributed by atoms with E-state index < -0.39 is 28.7 Å². The molecule has 0 spiro atoms. The summed E-state index contributed by atoms with van der Waals surface area (Å²) in [5, 5.41) is 3.32. The molecule has 3 rings (SSSR count). The first-order valence-corrected chi connectivity index (χ1v) is 20.5. The molecule has 2 aliphatic rings. The molecular weight excluding hydrogens is 588 g/mol. The summed E-state index contributed by atoms with van der Waals surface area (Å²) in [4.78, 5) is 2.36. The summed E-state index contributed by atoms with van der Waals surface area (Å²) in [5.41, 5.74) is 0.928. The highest BCUT2D eigenvalue weighted by Crippen LogP contribution is 2.18. The Bertz CT molecular complexity index is 1130. The van der Waals surface area contributed by atoms with E-state index in [9.17, 15) is 16.8 Å². The third-order valence-electron chi connectivity index (χ3n) is 6.81. The van der Waals surface area contributed by atoms with Crippen LogP contribution >= 0.6 is 10.7 Å². The molecule has 0 amide bonds. The summed E-state index contributed by atoms with van der Waals surface area (Å²) in [7, 11) is -3.73. The van der Waals surface area contributed by atoms with Crippen molar-refractivity contribution in [3.8, 4) is 0 Å². The zero-order chi connectivity index (χ0) is 31.0. The molecule has 2 fully saturated rings. The van der Waals surface area contributed by atoms with Gasteiger partial charge in [0, 0.05) is 35.3 Å². The van der Waals surface area contributed by atoms with Crippen molar-refractivity contribution < 1.29 is 16.8 Å². The predicted molar refractivity (Wildman–Crippen MR) is 177 cm³/mol. The number of benzene rings is 1. The molecule has 0 bridgehead atoms. The van der Waals surface area contributed by atoms with Crippen LogP contribution in [0.2, 0.25) is 0 Å². The smallest absolute Gasteiger partial charge is 0.291 e. The zero-order valence-electron chi connectivity index (χ0n) is 26.0. The van der Waals surface area contributed by atoms with Crippen LogP contribution in [-0.2, 0) is 28.7 Å². The van der Waals surface area contributed by atoms with Gasteiger partial charge in [0.2, 0.25) is 0 Å². The average Bonchev–Trinajstić information content (AvgIpc) is 2.85. The lowest BCUT2D eigenvalue weighted by Crippen LogP contribution is -2.36. The molecule has 0 radical (unpaired) electrons. The fourth-order valence-corrected chi connectivity index (χ4v) is 7.81. The Kier molecular flexibility index (Phi) is 19.2. The van der Waals surface area contributed by atoms with Gasteiger partial charge in [-0.15, -0.1) is 0 Å². The van der Waals surface area contributed by atoms with Crippen LogP contribution in [0.15, 0.2) is 32.9 Å². The van der Waals surface area contributed by atoms with Crippen molar-refractivity contribution in [3.05, 3.63) is 29.8 Å². The Morgan fingerprint density at radius 2 is 1.32 bits per heavy atom. The summed E-state index contributed by atoms with van der Waals surface area (Å²) < 4.78 is 50.7. The van der Waals surface area contributed by atoms with Crippen LogP contribution in [0.25, 0.3) is 0 Å². The van der Waals surface area contributed by atoms with Crippen LogP contribution in [0.1, 0.15) is 65.9 Å². The van der Waals surface area contributed by atoms with Crippen LogP contribution < -0.4 is 5.32 Å². The summed E-state index contributed by atoms with van der Waals surface area (Å²) in [5.74, 6) is 5.45. The number of rotatable bonds is 6. The van der Waals surface area contributed by atoms with Gasteiger partial charge in [-0.25, -0.2) is 8.51 Å². The van der Waals surface area contributed by atoms with Gasteiger partial charge in [-0.3, -0.25) is 4.21 Å². The van der Waals surface area contributed by atoms with E-state index in [1.807, 2.05) is 11.2 Å². The highest BCUT2D eigenvalue weighted by molar-refractivity contribution is 8.18. The van der Waals surface area contributed by atoms with E-state index in [4.69, 9.17) is 10.7 Å². The van der Waals surface area contributed by atoms with Gasteiger partial charge in [-0.2, -0.15) is 8.42 Å². The SMILES string of the molecule is C=S(C)(=O)N1CCC(C)CC1.CC1CCNCC1.CCN(CC)CC.Cc1ccc(S(=O)(=O)N=S(C)(=O)Cl)cc1. The molecule has 0 aromatic heterocycles. The maximum atomic E-state index is 11.5. The second-order valence-electron chi connectivity index (χ2n) is 10.7. The fourth-order valence-electron chi connectivity index (χ4n) is 3.94. The summed E-state index contributed by atoms with van der Waals surface area (Å²) >= 11 is 0. The second kappa shape index (κ2) is 19.5. The molecule has 2 unspecified atom stereocenters. The number of hydrogen-bond acceptors (Lipinski definition) is 6. The van der Waals surface area contributed by atoms with E-state index in [-0.39, 0.29) is 4.90 Å². The Morgan fingerprint density at radius 1 is 0.900 bits per heavy atom. The average molecular weight is 643 g/mol. The fraction of sp³-hybridized carbons (Fsp3) is 0.750. The molecule has 236 valence electrons. The minimum atomic E-state index is -3.92. The third kappa shape index (κ3) is 18.7. The van der Waals surface area contributed by atoms with E-state index in [1.54, 1.807) is 18.4 Å². The molecule has 12 heteroatoms. The van der Waals surface area contributed by atoms with Crippen LogP contribution in [0, 0.1) is 18.8 Å². The molecule has 0 saturated carbocycles. The maximum Gasteiger partial charge on any atom is 0.291 e. The van der Waals surface area contributed by atoms with Gasteiger partial charge in [0.25, 0.3) is 10.0 Å². The van der Waals surface area contributed by atoms with Crippen molar-refractivity contribution in [2.45, 2.75) is 72.1 Å². The standard InChI is InChI=1S/C8H10ClNO3S2.C8H17NOS.C6H13N.C6H15N/c1-7-3-5-8(6-4-7)15(12,13)10-14(2,9)11;1-8-4-6-9(7-5-8)11(2,3)10;1-6-2-4-7-5-3-6;1-4-7(5-2)6-3/h3-6H,1-2H3;8H,2,4-7H2,1,3H3;6-7H,2-5H2,1H3;4-6H2,1-3H3. The van der Waals surface area contributed by atoms with E-state index in [2.05, 4.69) is 54.5 Å². The molecule has 0 aliphatic carbocycles. The molecule has 1 aromatic carbocycles. The lowest BCUT2D eigenvalue weighted by atomic mass is 10.0. The predicted octanol–water partition coefficient (Wildman–Crippen LogP) is 5.27. The lowest BCUT2D eigenvalue weighted by molar-refractivity contribution is 0.299. The number of hydrogen-bond donors (Lipinski definition) is 1. The van der Waals surface area contributed by atoms with Crippen molar-refractivity contribution >= 4 is 45.2 Å². The molecule has 8 nitrogen and oxygen atoms in total. The summed E-state index contributed by atoms with van der Waals surface area (Å²) in [6.07, 6.45) is 7.87. The molecule has 2 atom stereocenters. The van der Waals surface area contributed by atoms with Gasteiger partial charge < -0.3 is 10.2 Å². The molecule has 1 aromatic rings. The Hall–Kier alpha value is -0.690. The largest absolute Gasteiger partial charge is 0.317 e. The normalized spacial score (nSPS) is 19.9. The molecule has 1 N–H and O–H groups in total. The first kappa shape index (κ1) is 39.3. The van der Waals surface area contributed by atoms with E-state index in [0.717, 1.165) is 36.7 Å². The minimum absolute atomic E-state index is 0.0108. The number of piperidine rings is 2. The molecule has 2 heterocycles. The van der Waals surface area contributed by atoms with E-state index >= 15 is 0 Å². The monoisotopic (exact) mass is 642 g/mol. The minimum Gasteiger partial charge on any atom is -0.317 e. The van der Waals surface area contributed by atoms with Crippen molar-refractivity contribution in [2.24, 2.45) is 15.6 Å². The van der Waals surface area contributed by atoms with Crippen LogP contribution in [-0.4, -0.2) is 90.2 Å². The van der Waals surface area contributed by atoms with Crippen LogP contribution in [0.4, 0.5) is 0 Å². The summed E-state index contributed by atoms with van der Waals surface area (Å²) in [6.45, 7) is 20.9. The first-order valence-electron chi connectivity index (χ1n) is 14.2. The second-order valence-corrected chi connectivity index (χ2v) is 18.3. The Balaban J connectivity index is 0.000000536. The van der Waals surface area contributed by atoms with Gasteiger partial charge in [0.05, 0.1) is 4.90 Å². The van der Waals surface area contributed by atoms with Crippen molar-refractivity contribution in [1.82, 2.24) is 14.5 Å². The highest BCUT2D eigenvalue weighted by atomic mass is 35.7. The number of aryl methyl sites for hydroxylation is 1. The van der Waals surface area contributed by atoms with Crippen molar-refractivity contribution in [2.75, 3.05) is 58.3 Å².